The number of imidazole rings is 1. The molecule has 1 fully saturated rings. The van der Waals surface area contributed by atoms with E-state index >= 15 is 0 Å². The van der Waals surface area contributed by atoms with Gasteiger partial charge in [0.15, 0.2) is 29.0 Å². The maximum absolute atomic E-state index is 12.1. The van der Waals surface area contributed by atoms with E-state index in [-0.39, 0.29) is 12.3 Å². The lowest BCUT2D eigenvalue weighted by Gasteiger charge is -2.17. The van der Waals surface area contributed by atoms with Crippen molar-refractivity contribution in [2.45, 2.75) is 45.2 Å². The van der Waals surface area contributed by atoms with Crippen molar-refractivity contribution in [3.63, 3.8) is 0 Å². The molecule has 0 spiro atoms. The molecule has 0 saturated carbocycles. The van der Waals surface area contributed by atoms with Gasteiger partial charge in [0.2, 0.25) is 5.91 Å². The number of carbonyl (C=O) groups excluding carboxylic acids is 1. The number of aromatic nitrogens is 6. The van der Waals surface area contributed by atoms with Gasteiger partial charge in [0, 0.05) is 37.1 Å². The number of carbonyl (C=O) groups is 1. The second-order valence-corrected chi connectivity index (χ2v) is 8.53. The average molecular weight is 475 g/mol. The lowest BCUT2D eigenvalue weighted by Crippen LogP contribution is -2.31. The van der Waals surface area contributed by atoms with Crippen molar-refractivity contribution in [2.24, 2.45) is 0 Å². The Morgan fingerprint density at radius 1 is 1.23 bits per heavy atom. The van der Waals surface area contributed by atoms with Gasteiger partial charge in [0.1, 0.15) is 12.2 Å². The van der Waals surface area contributed by atoms with Gasteiger partial charge < -0.3 is 20.5 Å². The molecule has 1 aliphatic rings. The number of nitrogens with one attached hydrogen (secondary N) is 2. The van der Waals surface area contributed by atoms with Crippen LogP contribution in [0.5, 0.6) is 0 Å². The lowest BCUT2D eigenvalue weighted by atomic mass is 10.2. The first-order valence-corrected chi connectivity index (χ1v) is 11.3. The van der Waals surface area contributed by atoms with Crippen molar-refractivity contribution in [1.82, 2.24) is 34.8 Å². The zero-order valence-corrected chi connectivity index (χ0v) is 19.6. The number of nitrogens with zero attached hydrogens (tertiary/aromatic N) is 6. The molecule has 35 heavy (non-hydrogen) atoms. The second kappa shape index (κ2) is 9.35. The normalized spacial score (nSPS) is 19.7. The highest BCUT2D eigenvalue weighted by Gasteiger charge is 2.39. The molecule has 1 amide bonds. The molecule has 4 aromatic heterocycles. The van der Waals surface area contributed by atoms with E-state index < -0.39 is 18.4 Å². The number of ether oxygens (including phenoxy) is 1. The molecule has 0 aliphatic carbocycles. The number of fused-ring (bicyclic) bond motifs is 1. The van der Waals surface area contributed by atoms with E-state index in [0.717, 1.165) is 22.5 Å². The van der Waals surface area contributed by atoms with Crippen molar-refractivity contribution >= 4 is 22.9 Å². The monoisotopic (exact) mass is 474 g/mol. The van der Waals surface area contributed by atoms with Crippen LogP contribution in [0.4, 0.5) is 5.82 Å². The summed E-state index contributed by atoms with van der Waals surface area (Å²) in [4.78, 5) is 34.9. The lowest BCUT2D eigenvalue weighted by molar-refractivity contribution is -0.134. The summed E-state index contributed by atoms with van der Waals surface area (Å²) >= 11 is 0. The highest BCUT2D eigenvalue weighted by molar-refractivity contribution is 5.85. The number of likely N-dealkylation sites (N-methyl/N-ethyl adjacent to an activating group) is 1. The summed E-state index contributed by atoms with van der Waals surface area (Å²) in [5, 5.41) is 16.6. The van der Waals surface area contributed by atoms with E-state index in [1.165, 1.54) is 7.05 Å². The molecule has 11 nitrogen and oxygen atoms in total. The summed E-state index contributed by atoms with van der Waals surface area (Å²) in [6.07, 6.45) is 2.71. The van der Waals surface area contributed by atoms with Crippen LogP contribution in [0.3, 0.4) is 0 Å². The van der Waals surface area contributed by atoms with Gasteiger partial charge in [-0.15, -0.1) is 0 Å². The van der Waals surface area contributed by atoms with Crippen LogP contribution in [0, 0.1) is 13.8 Å². The molecule has 3 atom stereocenters. The van der Waals surface area contributed by atoms with Gasteiger partial charge in [-0.25, -0.2) is 15.0 Å². The van der Waals surface area contributed by atoms with Crippen LogP contribution < -0.4 is 10.6 Å². The van der Waals surface area contributed by atoms with Gasteiger partial charge >= 0.3 is 0 Å². The number of anilines is 1. The largest absolute Gasteiger partial charge is 0.388 e. The molecule has 0 aromatic carbocycles. The fraction of sp³-hybridized carbons (Fsp3) is 0.333. The SMILES string of the molecule is CNC(=O)[C@@H]1C[C@@H](O)[C@H](n2cnc3c(NCc4cccc(C)n4)nc(-c4cncc(C)c4)nc32)O1. The molecule has 3 N–H and O–H groups in total. The zero-order valence-electron chi connectivity index (χ0n) is 19.6. The summed E-state index contributed by atoms with van der Waals surface area (Å²) in [5.74, 6) is 0.680. The Balaban J connectivity index is 1.57. The minimum Gasteiger partial charge on any atom is -0.388 e. The van der Waals surface area contributed by atoms with Crippen molar-refractivity contribution in [1.29, 1.82) is 0 Å². The van der Waals surface area contributed by atoms with E-state index in [9.17, 15) is 9.90 Å². The molecule has 5 heterocycles. The van der Waals surface area contributed by atoms with E-state index in [2.05, 4.69) is 25.6 Å². The highest BCUT2D eigenvalue weighted by Crippen LogP contribution is 2.33. The van der Waals surface area contributed by atoms with Crippen LogP contribution in [0.15, 0.2) is 43.0 Å². The maximum atomic E-state index is 12.1. The summed E-state index contributed by atoms with van der Waals surface area (Å²) in [6.45, 7) is 4.33. The average Bonchev–Trinajstić information content (AvgIpc) is 3.45. The molecule has 1 aliphatic heterocycles. The van der Waals surface area contributed by atoms with Crippen molar-refractivity contribution < 1.29 is 14.6 Å². The van der Waals surface area contributed by atoms with Gasteiger partial charge in [0.05, 0.1) is 18.6 Å². The Kier molecular flexibility index (Phi) is 6.10. The number of amides is 1. The fourth-order valence-electron chi connectivity index (χ4n) is 4.14. The Morgan fingerprint density at radius 3 is 2.86 bits per heavy atom. The molecule has 4 aromatic rings. The Hall–Kier alpha value is -3.96. The predicted octanol–water partition coefficient (Wildman–Crippen LogP) is 1.91. The van der Waals surface area contributed by atoms with Crippen LogP contribution in [0.1, 0.15) is 29.6 Å². The molecule has 0 bridgehead atoms. The Bertz CT molecular complexity index is 1390. The third kappa shape index (κ3) is 4.55. The number of pyridine rings is 2. The van der Waals surface area contributed by atoms with Crippen molar-refractivity contribution in [2.75, 3.05) is 12.4 Å². The quantitative estimate of drug-likeness (QED) is 0.382. The number of hydrogen-bond donors (Lipinski definition) is 3. The van der Waals surface area contributed by atoms with E-state index in [1.807, 2.05) is 38.1 Å². The minimum absolute atomic E-state index is 0.174. The van der Waals surface area contributed by atoms with Gasteiger partial charge in [-0.05, 0) is 37.6 Å². The first-order valence-electron chi connectivity index (χ1n) is 11.3. The van der Waals surface area contributed by atoms with Crippen LogP contribution in [-0.4, -0.2) is 59.8 Å². The predicted molar refractivity (Wildman–Crippen MR) is 128 cm³/mol. The first-order chi connectivity index (χ1) is 16.9. The molecular formula is C24H26N8O3. The molecule has 0 unspecified atom stereocenters. The van der Waals surface area contributed by atoms with Crippen LogP contribution in [0.25, 0.3) is 22.6 Å². The van der Waals surface area contributed by atoms with Crippen molar-refractivity contribution in [3.8, 4) is 11.4 Å². The third-order valence-electron chi connectivity index (χ3n) is 5.84. The molecule has 11 heteroatoms. The van der Waals surface area contributed by atoms with Gasteiger partial charge in [-0.3, -0.25) is 19.3 Å². The molecule has 180 valence electrons. The summed E-state index contributed by atoms with van der Waals surface area (Å²) in [5.41, 5.74) is 4.48. The molecule has 1 saturated heterocycles. The fourth-order valence-corrected chi connectivity index (χ4v) is 4.14. The van der Waals surface area contributed by atoms with Gasteiger partial charge in [0.25, 0.3) is 0 Å². The van der Waals surface area contributed by atoms with E-state index in [4.69, 9.17) is 14.7 Å². The number of rotatable bonds is 6. The number of hydrogen-bond acceptors (Lipinski definition) is 9. The van der Waals surface area contributed by atoms with Crippen LogP contribution >= 0.6 is 0 Å². The zero-order chi connectivity index (χ0) is 24.5. The van der Waals surface area contributed by atoms with Crippen molar-refractivity contribution in [3.05, 3.63) is 59.9 Å². The van der Waals surface area contributed by atoms with E-state index in [0.29, 0.717) is 29.4 Å². The topological polar surface area (TPSA) is 140 Å². The number of aliphatic hydroxyl groups is 1. The Morgan fingerprint density at radius 2 is 2.09 bits per heavy atom. The molecule has 0 radical (unpaired) electrons. The van der Waals surface area contributed by atoms with E-state index in [1.54, 1.807) is 23.3 Å². The van der Waals surface area contributed by atoms with Gasteiger partial charge in [-0.1, -0.05) is 6.07 Å². The summed E-state index contributed by atoms with van der Waals surface area (Å²) in [6, 6.07) is 7.78. The second-order valence-electron chi connectivity index (χ2n) is 8.53. The highest BCUT2D eigenvalue weighted by atomic mass is 16.5. The first kappa shape index (κ1) is 22.8. The van der Waals surface area contributed by atoms with Crippen LogP contribution in [-0.2, 0) is 16.1 Å². The van der Waals surface area contributed by atoms with Crippen LogP contribution in [0.2, 0.25) is 0 Å². The van der Waals surface area contributed by atoms with Gasteiger partial charge in [-0.2, -0.15) is 0 Å². The number of aryl methyl sites for hydroxylation is 2. The molecule has 5 rings (SSSR count). The molecular weight excluding hydrogens is 448 g/mol. The standard InChI is InChI=1S/C24H26N8O3/c1-13-7-15(10-26-9-13)20-30-21(27-11-16-6-4-5-14(2)29-16)19-22(31-20)32(12-28-19)24-17(33)8-18(35-24)23(34)25-3/h4-7,9-10,12,17-18,24,33H,8,11H2,1-3H3,(H,25,34)(H,27,30,31)/t17-,18+,24-/m1/s1. The summed E-state index contributed by atoms with van der Waals surface area (Å²) in [7, 11) is 1.54. The Labute approximate surface area is 201 Å². The summed E-state index contributed by atoms with van der Waals surface area (Å²) < 4.78 is 7.53. The number of aliphatic hydroxyl groups excluding tert-OH is 1. The maximum Gasteiger partial charge on any atom is 0.249 e. The smallest absolute Gasteiger partial charge is 0.249 e. The third-order valence-corrected chi connectivity index (χ3v) is 5.84. The minimum atomic E-state index is -0.901.